The molecule has 0 aliphatic carbocycles. The molecule has 0 aliphatic heterocycles. The van der Waals surface area contributed by atoms with Gasteiger partial charge in [-0.25, -0.2) is 0 Å². The van der Waals surface area contributed by atoms with Gasteiger partial charge in [0.2, 0.25) is 7.37 Å². The lowest BCUT2D eigenvalue weighted by molar-refractivity contribution is -0.138. The summed E-state index contributed by atoms with van der Waals surface area (Å²) in [4.78, 5) is 21.6. The first-order chi connectivity index (χ1) is 10.5. The lowest BCUT2D eigenvalue weighted by Crippen LogP contribution is -2.17. The summed E-state index contributed by atoms with van der Waals surface area (Å²) in [5, 5.41) is 9.34. The van der Waals surface area contributed by atoms with Gasteiger partial charge < -0.3 is 10.00 Å². The Bertz CT molecular complexity index is 655. The van der Waals surface area contributed by atoms with Crippen LogP contribution in [-0.4, -0.2) is 28.3 Å². The van der Waals surface area contributed by atoms with E-state index in [1.807, 2.05) is 30.3 Å². The number of benzene rings is 2. The fraction of sp³-hybridized carbons (Fsp3) is 0.235. The predicted molar refractivity (Wildman–Crippen MR) is 86.5 cm³/mol. The molecule has 0 heterocycles. The van der Waals surface area contributed by atoms with Crippen molar-refractivity contribution in [2.45, 2.75) is 12.3 Å². The lowest BCUT2D eigenvalue weighted by Gasteiger charge is -2.17. The van der Waals surface area contributed by atoms with Crippen LogP contribution < -0.4 is 0 Å². The first kappa shape index (κ1) is 16.5. The van der Waals surface area contributed by atoms with Crippen molar-refractivity contribution in [1.29, 1.82) is 0 Å². The van der Waals surface area contributed by atoms with Gasteiger partial charge in [0.15, 0.2) is 0 Å². The van der Waals surface area contributed by atoms with Crippen LogP contribution in [0.4, 0.5) is 0 Å². The van der Waals surface area contributed by atoms with Crippen molar-refractivity contribution >= 4 is 13.3 Å². The average Bonchev–Trinajstić information content (AvgIpc) is 2.52. The lowest BCUT2D eigenvalue weighted by atomic mass is 10.0. The summed E-state index contributed by atoms with van der Waals surface area (Å²) < 4.78 is 12.4. The highest BCUT2D eigenvalue weighted by Crippen LogP contribution is 2.45. The van der Waals surface area contributed by atoms with Gasteiger partial charge in [0, 0.05) is 12.3 Å². The van der Waals surface area contributed by atoms with Gasteiger partial charge in [-0.2, -0.15) is 0 Å². The van der Waals surface area contributed by atoms with Crippen molar-refractivity contribution in [3.63, 3.8) is 0 Å². The Morgan fingerprint density at radius 1 is 1.00 bits per heavy atom. The molecule has 2 aromatic carbocycles. The highest BCUT2D eigenvalue weighted by molar-refractivity contribution is 7.58. The standard InChI is InChI=1S/C17H19O4P/c18-17(19)16(15-9-5-2-6-10-15)13-22(20,21)12-11-14-7-3-1-4-8-14/h1-10,16H,11-13H2,(H,18,19)(H,20,21). The molecule has 5 heteroatoms. The molecular weight excluding hydrogens is 299 g/mol. The summed E-state index contributed by atoms with van der Waals surface area (Å²) in [6.45, 7) is 0. The number of aryl methyl sites for hydroxylation is 1. The van der Waals surface area contributed by atoms with E-state index in [0.29, 0.717) is 12.0 Å². The van der Waals surface area contributed by atoms with Crippen LogP contribution in [0.5, 0.6) is 0 Å². The largest absolute Gasteiger partial charge is 0.481 e. The summed E-state index contributed by atoms with van der Waals surface area (Å²) in [5.41, 5.74) is 1.53. The quantitative estimate of drug-likeness (QED) is 0.768. The molecule has 0 spiro atoms. The molecule has 2 unspecified atom stereocenters. The number of hydrogen-bond donors (Lipinski definition) is 2. The maximum Gasteiger partial charge on any atom is 0.311 e. The third-order valence-electron chi connectivity index (χ3n) is 3.56. The molecule has 0 aliphatic rings. The number of rotatable bonds is 7. The third kappa shape index (κ3) is 4.83. The van der Waals surface area contributed by atoms with Crippen LogP contribution in [0, 0.1) is 0 Å². The van der Waals surface area contributed by atoms with Crippen molar-refractivity contribution in [2.75, 3.05) is 12.3 Å². The Kier molecular flexibility index (Phi) is 5.53. The molecule has 0 radical (unpaired) electrons. The first-order valence-electron chi connectivity index (χ1n) is 7.10. The number of carbonyl (C=O) groups is 1. The van der Waals surface area contributed by atoms with Gasteiger partial charge in [-0.3, -0.25) is 9.36 Å². The molecule has 2 aromatic rings. The zero-order valence-electron chi connectivity index (χ0n) is 12.1. The Morgan fingerprint density at radius 3 is 2.09 bits per heavy atom. The topological polar surface area (TPSA) is 74.6 Å². The second-order valence-corrected chi connectivity index (χ2v) is 7.79. The van der Waals surface area contributed by atoms with Crippen LogP contribution in [0.25, 0.3) is 0 Å². The van der Waals surface area contributed by atoms with E-state index in [2.05, 4.69) is 0 Å². The van der Waals surface area contributed by atoms with Gasteiger partial charge in [-0.1, -0.05) is 60.7 Å². The summed E-state index contributed by atoms with van der Waals surface area (Å²) in [6, 6.07) is 18.0. The minimum absolute atomic E-state index is 0.0909. The minimum Gasteiger partial charge on any atom is -0.481 e. The average molecular weight is 318 g/mol. The van der Waals surface area contributed by atoms with Gasteiger partial charge in [0.25, 0.3) is 0 Å². The van der Waals surface area contributed by atoms with Crippen molar-refractivity contribution < 1.29 is 19.4 Å². The van der Waals surface area contributed by atoms with Gasteiger partial charge >= 0.3 is 5.97 Å². The van der Waals surface area contributed by atoms with Crippen LogP contribution in [0.15, 0.2) is 60.7 Å². The minimum atomic E-state index is -3.51. The molecule has 2 N–H and O–H groups in total. The number of carboxylic acid groups (broad SMARTS) is 1. The van der Waals surface area contributed by atoms with Gasteiger partial charge in [0.1, 0.15) is 0 Å². The Morgan fingerprint density at radius 2 is 1.55 bits per heavy atom. The molecular formula is C17H19O4P. The van der Waals surface area contributed by atoms with Crippen LogP contribution in [0.1, 0.15) is 17.0 Å². The van der Waals surface area contributed by atoms with Crippen molar-refractivity contribution in [3.05, 3.63) is 71.8 Å². The highest BCUT2D eigenvalue weighted by atomic mass is 31.2. The molecule has 0 amide bonds. The Labute approximate surface area is 129 Å². The fourth-order valence-electron chi connectivity index (χ4n) is 2.34. The molecule has 0 bridgehead atoms. The summed E-state index contributed by atoms with van der Waals surface area (Å²) >= 11 is 0. The maximum absolute atomic E-state index is 12.4. The second kappa shape index (κ2) is 7.39. The van der Waals surface area contributed by atoms with E-state index in [4.69, 9.17) is 0 Å². The molecule has 22 heavy (non-hydrogen) atoms. The number of hydrogen-bond acceptors (Lipinski definition) is 2. The van der Waals surface area contributed by atoms with Crippen molar-refractivity contribution in [2.24, 2.45) is 0 Å². The highest BCUT2D eigenvalue weighted by Gasteiger charge is 2.29. The van der Waals surface area contributed by atoms with E-state index in [1.54, 1.807) is 30.3 Å². The number of aliphatic carboxylic acids is 1. The summed E-state index contributed by atoms with van der Waals surface area (Å²) in [6.07, 6.45) is 0.322. The third-order valence-corrected chi connectivity index (χ3v) is 5.42. The zero-order valence-corrected chi connectivity index (χ0v) is 13.0. The molecule has 116 valence electrons. The smallest absolute Gasteiger partial charge is 0.311 e. The zero-order chi connectivity index (χ0) is 16.0. The maximum atomic E-state index is 12.4. The Hall–Kier alpha value is -1.90. The predicted octanol–water partition coefficient (Wildman–Crippen LogP) is 3.37. The number of carboxylic acids is 1. The summed E-state index contributed by atoms with van der Waals surface area (Å²) in [5.74, 6) is -2.02. The molecule has 2 atom stereocenters. The van der Waals surface area contributed by atoms with Crippen LogP contribution in [0.3, 0.4) is 0 Å². The van der Waals surface area contributed by atoms with Crippen LogP contribution >= 0.6 is 7.37 Å². The normalized spacial score (nSPS) is 15.0. The monoisotopic (exact) mass is 318 g/mol. The van der Waals surface area contributed by atoms with Gasteiger partial charge in [0.05, 0.1) is 5.92 Å². The van der Waals surface area contributed by atoms with Gasteiger partial charge in [-0.15, -0.1) is 0 Å². The van der Waals surface area contributed by atoms with E-state index >= 15 is 0 Å². The first-order valence-corrected chi connectivity index (χ1v) is 9.13. The van der Waals surface area contributed by atoms with Crippen molar-refractivity contribution in [3.8, 4) is 0 Å². The molecule has 4 nitrogen and oxygen atoms in total. The molecule has 0 aromatic heterocycles. The Balaban J connectivity index is 2.05. The van der Waals surface area contributed by atoms with E-state index in [0.717, 1.165) is 5.56 Å². The second-order valence-electron chi connectivity index (χ2n) is 5.29. The molecule has 0 fully saturated rings. The SMILES string of the molecule is O=C(O)C(CP(=O)(O)CCc1ccccc1)c1ccccc1. The fourth-order valence-corrected chi connectivity index (χ4v) is 4.06. The summed E-state index contributed by atoms with van der Waals surface area (Å²) in [7, 11) is -3.51. The van der Waals surface area contributed by atoms with E-state index < -0.39 is 19.3 Å². The molecule has 0 saturated heterocycles. The molecule has 2 rings (SSSR count). The van der Waals surface area contributed by atoms with E-state index in [9.17, 15) is 19.4 Å². The van der Waals surface area contributed by atoms with Crippen molar-refractivity contribution in [1.82, 2.24) is 0 Å². The van der Waals surface area contributed by atoms with E-state index in [1.165, 1.54) is 0 Å². The van der Waals surface area contributed by atoms with Crippen LogP contribution in [0.2, 0.25) is 0 Å². The molecule has 0 saturated carbocycles. The van der Waals surface area contributed by atoms with Crippen LogP contribution in [-0.2, 0) is 15.8 Å². The van der Waals surface area contributed by atoms with Gasteiger partial charge in [-0.05, 0) is 17.5 Å². The van der Waals surface area contributed by atoms with E-state index in [-0.39, 0.29) is 12.3 Å².